The molecule has 1 atom stereocenters. The average Bonchev–Trinajstić information content (AvgIpc) is 2.18. The van der Waals surface area contributed by atoms with E-state index in [4.69, 9.17) is 5.53 Å². The van der Waals surface area contributed by atoms with Gasteiger partial charge in [-0.25, -0.2) is 5.53 Å². The van der Waals surface area contributed by atoms with Crippen LogP contribution in [0.4, 0.5) is 13.2 Å². The van der Waals surface area contributed by atoms with E-state index in [9.17, 15) is 13.2 Å². The summed E-state index contributed by atoms with van der Waals surface area (Å²) in [5.74, 6) is 0. The van der Waals surface area contributed by atoms with E-state index in [-0.39, 0.29) is 5.56 Å². The number of nitrogens with zero attached hydrogens (tertiary/aromatic N) is 1. The summed E-state index contributed by atoms with van der Waals surface area (Å²) >= 11 is 0. The van der Waals surface area contributed by atoms with Crippen LogP contribution in [0.5, 0.6) is 0 Å². The molecule has 1 N–H and O–H groups in total. The standard InChI is InChI=1S/C10H11F3N2/c1-2-7-3-5-8(6-4-7)9(15-14)10(11,12)13/h3-6,9,14H,2H2,1H3/t9-/m0/s1. The largest absolute Gasteiger partial charge is 0.416 e. The molecule has 15 heavy (non-hydrogen) atoms. The van der Waals surface area contributed by atoms with Gasteiger partial charge < -0.3 is 0 Å². The van der Waals surface area contributed by atoms with Crippen molar-refractivity contribution in [3.05, 3.63) is 35.4 Å². The van der Waals surface area contributed by atoms with Crippen molar-refractivity contribution in [1.82, 2.24) is 0 Å². The normalized spacial score (nSPS) is 13.6. The number of hydrogen-bond acceptors (Lipinski definition) is 2. The summed E-state index contributed by atoms with van der Waals surface area (Å²) in [6.45, 7) is 1.92. The third kappa shape index (κ3) is 2.78. The molecule has 0 aliphatic carbocycles. The fourth-order valence-corrected chi connectivity index (χ4v) is 1.27. The predicted octanol–water partition coefficient (Wildman–Crippen LogP) is 3.88. The average molecular weight is 216 g/mol. The van der Waals surface area contributed by atoms with Gasteiger partial charge in [0.05, 0.1) is 0 Å². The predicted molar refractivity (Wildman–Crippen MR) is 49.8 cm³/mol. The van der Waals surface area contributed by atoms with Gasteiger partial charge in [0.1, 0.15) is 0 Å². The fourth-order valence-electron chi connectivity index (χ4n) is 1.27. The summed E-state index contributed by atoms with van der Waals surface area (Å²) in [7, 11) is 0. The van der Waals surface area contributed by atoms with Crippen LogP contribution in [0.15, 0.2) is 29.4 Å². The Morgan fingerprint density at radius 2 is 1.80 bits per heavy atom. The number of nitrogens with one attached hydrogen (secondary N) is 1. The van der Waals surface area contributed by atoms with E-state index in [1.807, 2.05) is 6.92 Å². The molecule has 0 spiro atoms. The number of benzene rings is 1. The quantitative estimate of drug-likeness (QED) is 0.744. The van der Waals surface area contributed by atoms with Gasteiger partial charge in [-0.05, 0) is 17.5 Å². The second kappa shape index (κ2) is 4.42. The van der Waals surface area contributed by atoms with E-state index >= 15 is 0 Å². The highest BCUT2D eigenvalue weighted by Gasteiger charge is 2.40. The van der Waals surface area contributed by atoms with Crippen molar-refractivity contribution < 1.29 is 13.2 Å². The van der Waals surface area contributed by atoms with Crippen LogP contribution < -0.4 is 0 Å². The van der Waals surface area contributed by atoms with E-state index in [0.717, 1.165) is 12.0 Å². The molecule has 0 aromatic heterocycles. The van der Waals surface area contributed by atoms with Gasteiger partial charge in [-0.15, -0.1) is 0 Å². The number of rotatable bonds is 3. The molecule has 0 aliphatic heterocycles. The minimum absolute atomic E-state index is 0.00898. The fraction of sp³-hybridized carbons (Fsp3) is 0.400. The van der Waals surface area contributed by atoms with Crippen LogP contribution in [0.2, 0.25) is 0 Å². The Hall–Kier alpha value is -1.39. The van der Waals surface area contributed by atoms with E-state index < -0.39 is 12.2 Å². The Morgan fingerprint density at radius 3 is 2.13 bits per heavy atom. The second-order valence-corrected chi connectivity index (χ2v) is 3.17. The van der Waals surface area contributed by atoms with Gasteiger partial charge in [-0.2, -0.15) is 18.3 Å². The van der Waals surface area contributed by atoms with E-state index in [1.165, 1.54) is 12.1 Å². The molecule has 0 saturated carbocycles. The zero-order valence-corrected chi connectivity index (χ0v) is 8.17. The maximum Gasteiger partial charge on any atom is 0.416 e. The van der Waals surface area contributed by atoms with Crippen molar-refractivity contribution in [1.29, 1.82) is 5.53 Å². The van der Waals surface area contributed by atoms with Crippen molar-refractivity contribution in [2.75, 3.05) is 0 Å². The smallest absolute Gasteiger partial charge is 0.209 e. The van der Waals surface area contributed by atoms with E-state index in [0.29, 0.717) is 0 Å². The molecule has 0 fully saturated rings. The maximum atomic E-state index is 12.4. The van der Waals surface area contributed by atoms with E-state index in [2.05, 4.69) is 5.11 Å². The molecule has 1 aromatic carbocycles. The first-order valence-corrected chi connectivity index (χ1v) is 4.51. The Bertz CT molecular complexity index is 330. The molecule has 82 valence electrons. The van der Waals surface area contributed by atoms with Crippen LogP contribution in [-0.4, -0.2) is 6.18 Å². The molecule has 0 heterocycles. The van der Waals surface area contributed by atoms with Crippen LogP contribution in [0.3, 0.4) is 0 Å². The van der Waals surface area contributed by atoms with Gasteiger partial charge in [-0.3, -0.25) is 0 Å². The van der Waals surface area contributed by atoms with Gasteiger partial charge in [0.15, 0.2) is 6.04 Å². The minimum atomic E-state index is -4.49. The first kappa shape index (κ1) is 11.7. The summed E-state index contributed by atoms with van der Waals surface area (Å²) in [6, 6.07) is 3.95. The molecule has 1 rings (SSSR count). The molecule has 2 nitrogen and oxygen atoms in total. The Balaban J connectivity index is 2.98. The van der Waals surface area contributed by atoms with Gasteiger partial charge in [0, 0.05) is 0 Å². The highest BCUT2D eigenvalue weighted by molar-refractivity contribution is 5.25. The van der Waals surface area contributed by atoms with Crippen molar-refractivity contribution >= 4 is 0 Å². The molecule has 0 saturated heterocycles. The first-order chi connectivity index (χ1) is 6.99. The van der Waals surface area contributed by atoms with Crippen LogP contribution in [0.1, 0.15) is 24.1 Å². The number of halogens is 3. The third-order valence-corrected chi connectivity index (χ3v) is 2.14. The summed E-state index contributed by atoms with van der Waals surface area (Å²) in [5, 5.41) is 2.61. The molecule has 5 heteroatoms. The van der Waals surface area contributed by atoms with E-state index in [1.54, 1.807) is 12.1 Å². The number of hydrogen-bond donors (Lipinski definition) is 1. The lowest BCUT2D eigenvalue weighted by Gasteiger charge is -2.14. The number of aryl methyl sites for hydroxylation is 1. The molecule has 0 radical (unpaired) electrons. The molecule has 0 aliphatic rings. The lowest BCUT2D eigenvalue weighted by Crippen LogP contribution is -2.18. The molecular formula is C10H11F3N2. The minimum Gasteiger partial charge on any atom is -0.209 e. The highest BCUT2D eigenvalue weighted by Crippen LogP contribution is 2.35. The lowest BCUT2D eigenvalue weighted by molar-refractivity contribution is -0.150. The summed E-state index contributed by atoms with van der Waals surface area (Å²) in [6.07, 6.45) is -3.72. The Labute approximate surface area is 85.6 Å². The topological polar surface area (TPSA) is 36.2 Å². The monoisotopic (exact) mass is 216 g/mol. The van der Waals surface area contributed by atoms with Crippen molar-refractivity contribution in [3.8, 4) is 0 Å². The molecule has 0 amide bonds. The van der Waals surface area contributed by atoms with Crippen molar-refractivity contribution in [3.63, 3.8) is 0 Å². The Kier molecular flexibility index (Phi) is 3.44. The SMILES string of the molecule is CCc1ccc([C@H](N=N)C(F)(F)F)cc1. The van der Waals surface area contributed by atoms with Gasteiger partial charge in [0.25, 0.3) is 0 Å². The second-order valence-electron chi connectivity index (χ2n) is 3.17. The zero-order chi connectivity index (χ0) is 11.5. The summed E-state index contributed by atoms with van der Waals surface area (Å²) in [5.41, 5.74) is 7.53. The molecule has 0 bridgehead atoms. The van der Waals surface area contributed by atoms with Crippen LogP contribution in [0.25, 0.3) is 0 Å². The van der Waals surface area contributed by atoms with Gasteiger partial charge >= 0.3 is 6.18 Å². The molecule has 1 aromatic rings. The number of alkyl halides is 3. The Morgan fingerprint density at radius 1 is 1.27 bits per heavy atom. The summed E-state index contributed by atoms with van der Waals surface area (Å²) in [4.78, 5) is 0. The van der Waals surface area contributed by atoms with Crippen molar-refractivity contribution in [2.45, 2.75) is 25.6 Å². The van der Waals surface area contributed by atoms with Gasteiger partial charge in [0.2, 0.25) is 0 Å². The van der Waals surface area contributed by atoms with Gasteiger partial charge in [-0.1, -0.05) is 31.2 Å². The summed E-state index contributed by atoms with van der Waals surface area (Å²) < 4.78 is 37.1. The highest BCUT2D eigenvalue weighted by atomic mass is 19.4. The van der Waals surface area contributed by atoms with Crippen molar-refractivity contribution in [2.24, 2.45) is 5.11 Å². The zero-order valence-electron chi connectivity index (χ0n) is 8.17. The lowest BCUT2D eigenvalue weighted by atomic mass is 10.0. The maximum absolute atomic E-state index is 12.4. The first-order valence-electron chi connectivity index (χ1n) is 4.51. The van der Waals surface area contributed by atoms with Crippen LogP contribution in [-0.2, 0) is 6.42 Å². The molecule has 0 unspecified atom stereocenters. The third-order valence-electron chi connectivity index (χ3n) is 2.14. The van der Waals surface area contributed by atoms with Crippen LogP contribution >= 0.6 is 0 Å². The molecular weight excluding hydrogens is 205 g/mol. The van der Waals surface area contributed by atoms with Crippen LogP contribution in [0, 0.1) is 5.53 Å².